The summed E-state index contributed by atoms with van der Waals surface area (Å²) in [4.78, 5) is 20.9. The zero-order valence-corrected chi connectivity index (χ0v) is 45.6. The predicted molar refractivity (Wildman–Crippen MR) is 348 cm³/mol. The van der Waals surface area contributed by atoms with Crippen LogP contribution in [0.5, 0.6) is 0 Å². The Labute approximate surface area is 484 Å². The largest absolute Gasteiger partial charge is 0.311 e. The zero-order chi connectivity index (χ0) is 54.5. The van der Waals surface area contributed by atoms with Crippen molar-refractivity contribution in [1.82, 2.24) is 19.5 Å². The minimum Gasteiger partial charge on any atom is -0.311 e. The van der Waals surface area contributed by atoms with Crippen LogP contribution in [-0.2, 0) is 0 Å². The number of nitrogens with zero attached hydrogens (tertiary/aromatic N) is 6. The van der Waals surface area contributed by atoms with Crippen molar-refractivity contribution in [2.75, 3.05) is 9.80 Å². The lowest BCUT2D eigenvalue weighted by molar-refractivity contribution is 1.06. The van der Waals surface area contributed by atoms with Gasteiger partial charge in [-0.1, -0.05) is 206 Å². The number of benzene rings is 12. The van der Waals surface area contributed by atoms with Crippen molar-refractivity contribution in [2.24, 2.45) is 0 Å². The van der Waals surface area contributed by atoms with E-state index in [2.05, 4.69) is 263 Å². The van der Waals surface area contributed by atoms with Crippen molar-refractivity contribution in [3.63, 3.8) is 0 Å². The van der Waals surface area contributed by atoms with Gasteiger partial charge in [-0.05, 0) is 112 Å². The zero-order valence-electron chi connectivity index (χ0n) is 44.8. The Hall–Kier alpha value is -10.7. The fourth-order valence-corrected chi connectivity index (χ4v) is 14.5. The second kappa shape index (κ2) is 19.0. The standard InChI is InChI=1S/C75H47BN6S/c1-4-22-48(23-5-1)73-77-74(49-24-6-2-7-25-49)79-75(78-73)59-35-20-34-55(71(59)82-62-38-14-10-33-58(62)69-65(82)45-44-57-56-32-11-17-43-68(56)83-72(57)69)52-28-18-26-50(46-52)51-27-19-31-54(47-51)81-64-40-16-13-37-61(64)76-60-36-12-15-39-63(60)80(53-29-8-3-9-30-53)66-41-21-42-67(81)70(66)76/h1-47H. The normalized spacial score (nSPS) is 12.5. The maximum Gasteiger partial charge on any atom is 0.252 e. The first kappa shape index (κ1) is 47.2. The fraction of sp³-hybridized carbons (Fsp3) is 0. The molecule has 0 radical (unpaired) electrons. The molecule has 0 amide bonds. The molecule has 0 atom stereocenters. The summed E-state index contributed by atoms with van der Waals surface area (Å²) >= 11 is 1.87. The van der Waals surface area contributed by atoms with Crippen molar-refractivity contribution < 1.29 is 0 Å². The Morgan fingerprint density at radius 2 is 0.831 bits per heavy atom. The quantitative estimate of drug-likeness (QED) is 0.142. The Bertz CT molecular complexity index is 5020. The van der Waals surface area contributed by atoms with E-state index < -0.39 is 0 Å². The van der Waals surface area contributed by atoms with E-state index in [0.29, 0.717) is 17.5 Å². The van der Waals surface area contributed by atoms with Crippen LogP contribution >= 0.6 is 11.3 Å². The molecule has 0 bridgehead atoms. The molecule has 15 aromatic rings. The van der Waals surface area contributed by atoms with Crippen molar-refractivity contribution in [3.05, 3.63) is 285 Å². The average molecular weight is 1080 g/mol. The van der Waals surface area contributed by atoms with Crippen LogP contribution in [0, 0.1) is 0 Å². The van der Waals surface area contributed by atoms with Gasteiger partial charge in [0.15, 0.2) is 17.5 Å². The molecule has 0 saturated heterocycles. The molecule has 0 unspecified atom stereocenters. The summed E-state index contributed by atoms with van der Waals surface area (Å²) < 4.78 is 5.02. The highest BCUT2D eigenvalue weighted by Crippen LogP contribution is 2.48. The van der Waals surface area contributed by atoms with Crippen molar-refractivity contribution >= 4 is 111 Å². The third-order valence-electron chi connectivity index (χ3n) is 16.8. The van der Waals surface area contributed by atoms with E-state index in [1.807, 2.05) is 47.7 Å². The van der Waals surface area contributed by atoms with Crippen LogP contribution in [0.4, 0.5) is 34.1 Å². The van der Waals surface area contributed by atoms with E-state index in [1.54, 1.807) is 0 Å². The molecule has 17 rings (SSSR count). The Balaban J connectivity index is 0.868. The molecular formula is C75H47BN6S. The minimum absolute atomic E-state index is 0.0625. The first-order valence-corrected chi connectivity index (χ1v) is 29.0. The number of anilines is 6. The van der Waals surface area contributed by atoms with Gasteiger partial charge in [-0.2, -0.15) is 0 Å². The Morgan fingerprint density at radius 1 is 0.325 bits per heavy atom. The summed E-state index contributed by atoms with van der Waals surface area (Å²) in [5.74, 6) is 1.82. The summed E-state index contributed by atoms with van der Waals surface area (Å²) in [7, 11) is 0. The maximum atomic E-state index is 5.40. The minimum atomic E-state index is 0.0625. The number of hydrogen-bond donors (Lipinski definition) is 0. The van der Waals surface area contributed by atoms with Crippen LogP contribution in [0.2, 0.25) is 0 Å². The number of aromatic nitrogens is 4. The van der Waals surface area contributed by atoms with Gasteiger partial charge >= 0.3 is 0 Å². The van der Waals surface area contributed by atoms with Gasteiger partial charge in [-0.25, -0.2) is 15.0 Å². The Kier molecular flexibility index (Phi) is 10.8. The van der Waals surface area contributed by atoms with Gasteiger partial charge in [0.2, 0.25) is 0 Å². The molecule has 2 aliphatic rings. The number of fused-ring (bicyclic) bond motifs is 11. The summed E-state index contributed by atoms with van der Waals surface area (Å²) in [5.41, 5.74) is 21.2. The highest BCUT2D eigenvalue weighted by molar-refractivity contribution is 7.26. The lowest BCUT2D eigenvalue weighted by Gasteiger charge is -2.44. The Morgan fingerprint density at radius 3 is 1.55 bits per heavy atom. The molecule has 0 N–H and O–H groups in total. The average Bonchev–Trinajstić information content (AvgIpc) is 2.01. The van der Waals surface area contributed by atoms with Crippen LogP contribution in [0.25, 0.3) is 104 Å². The van der Waals surface area contributed by atoms with Crippen LogP contribution in [-0.4, -0.2) is 26.2 Å². The maximum absolute atomic E-state index is 5.40. The molecule has 0 fully saturated rings. The highest BCUT2D eigenvalue weighted by atomic mass is 32.1. The van der Waals surface area contributed by atoms with Crippen molar-refractivity contribution in [1.29, 1.82) is 0 Å². The summed E-state index contributed by atoms with van der Waals surface area (Å²) in [6, 6.07) is 103. The molecule has 0 spiro atoms. The second-order valence-corrected chi connectivity index (χ2v) is 22.5. The lowest BCUT2D eigenvalue weighted by atomic mass is 9.33. The van der Waals surface area contributed by atoms with Crippen molar-refractivity contribution in [3.8, 4) is 62.1 Å². The molecule has 12 aromatic carbocycles. The monoisotopic (exact) mass is 1070 g/mol. The number of rotatable bonds is 8. The summed E-state index contributed by atoms with van der Waals surface area (Å²) in [5, 5.41) is 4.97. The van der Waals surface area contributed by atoms with Gasteiger partial charge in [0, 0.05) is 87.3 Å². The van der Waals surface area contributed by atoms with E-state index in [0.717, 1.165) is 67.0 Å². The van der Waals surface area contributed by atoms with Gasteiger partial charge in [0.25, 0.3) is 6.71 Å². The SMILES string of the molecule is c1ccc(-c2nc(-c3ccccc3)nc(-c3cccc(-c4cccc(-c5cccc(N6c7ccccc7B7c8ccccc8N(c8ccccc8)c8cccc6c87)c5)c4)c3-n3c4ccccc4c4c5sc6ccccc6c5ccc43)n2)cc1. The molecule has 386 valence electrons. The van der Waals surface area contributed by atoms with E-state index in [4.69, 9.17) is 15.0 Å². The molecule has 6 nitrogen and oxygen atoms in total. The van der Waals surface area contributed by atoms with Crippen LogP contribution in [0.1, 0.15) is 0 Å². The van der Waals surface area contributed by atoms with E-state index in [1.165, 1.54) is 70.1 Å². The summed E-state index contributed by atoms with van der Waals surface area (Å²) in [6.45, 7) is 0.0625. The summed E-state index contributed by atoms with van der Waals surface area (Å²) in [6.07, 6.45) is 0. The molecule has 3 aromatic heterocycles. The third-order valence-corrected chi connectivity index (χ3v) is 18.0. The highest BCUT2D eigenvalue weighted by Gasteiger charge is 2.43. The van der Waals surface area contributed by atoms with E-state index in [-0.39, 0.29) is 6.71 Å². The molecule has 2 aliphatic heterocycles. The molecular weight excluding hydrogens is 1030 g/mol. The van der Waals surface area contributed by atoms with Crippen LogP contribution in [0.3, 0.4) is 0 Å². The first-order chi connectivity index (χ1) is 41.2. The molecule has 5 heterocycles. The van der Waals surface area contributed by atoms with Gasteiger partial charge in [-0.3, -0.25) is 0 Å². The van der Waals surface area contributed by atoms with Gasteiger partial charge in [0.1, 0.15) is 0 Å². The number of hydrogen-bond acceptors (Lipinski definition) is 6. The van der Waals surface area contributed by atoms with Gasteiger partial charge in [-0.15, -0.1) is 11.3 Å². The molecule has 0 saturated carbocycles. The van der Waals surface area contributed by atoms with E-state index in [9.17, 15) is 0 Å². The third kappa shape index (κ3) is 7.46. The topological polar surface area (TPSA) is 50.1 Å². The molecule has 0 aliphatic carbocycles. The lowest BCUT2D eigenvalue weighted by Crippen LogP contribution is -2.61. The molecule has 8 heteroatoms. The van der Waals surface area contributed by atoms with Gasteiger partial charge in [0.05, 0.1) is 16.7 Å². The van der Waals surface area contributed by atoms with E-state index >= 15 is 0 Å². The fourth-order valence-electron chi connectivity index (χ4n) is 13.3. The number of thiophene rings is 1. The van der Waals surface area contributed by atoms with Gasteiger partial charge < -0.3 is 14.4 Å². The molecule has 83 heavy (non-hydrogen) atoms. The van der Waals surface area contributed by atoms with Crippen molar-refractivity contribution in [2.45, 2.75) is 0 Å². The number of para-hydroxylation sites is 5. The van der Waals surface area contributed by atoms with Crippen LogP contribution < -0.4 is 26.2 Å². The first-order valence-electron chi connectivity index (χ1n) is 28.2. The van der Waals surface area contributed by atoms with Crippen LogP contribution in [0.15, 0.2) is 285 Å². The second-order valence-electron chi connectivity index (χ2n) is 21.4. The predicted octanol–water partition coefficient (Wildman–Crippen LogP) is 17.8. The smallest absolute Gasteiger partial charge is 0.252 e.